The molecule has 23 heavy (non-hydrogen) atoms. The molecular formula is C19H28O4. The second kappa shape index (κ2) is 10.8. The lowest BCUT2D eigenvalue weighted by Gasteiger charge is -2.16. The van der Waals surface area contributed by atoms with E-state index in [0.29, 0.717) is 38.2 Å². The van der Waals surface area contributed by atoms with Gasteiger partial charge in [-0.1, -0.05) is 51.1 Å². The maximum Gasteiger partial charge on any atom is 0.306 e. The molecule has 1 atom stereocenters. The molecule has 1 unspecified atom stereocenters. The highest BCUT2D eigenvalue weighted by atomic mass is 16.5. The lowest BCUT2D eigenvalue weighted by molar-refractivity contribution is -0.150. The van der Waals surface area contributed by atoms with Gasteiger partial charge in [-0.25, -0.2) is 0 Å². The van der Waals surface area contributed by atoms with Crippen molar-refractivity contribution in [1.29, 1.82) is 0 Å². The van der Waals surface area contributed by atoms with E-state index in [1.54, 1.807) is 0 Å². The van der Waals surface area contributed by atoms with Crippen LogP contribution in [0.1, 0.15) is 64.5 Å². The molecule has 0 fully saturated rings. The molecule has 0 saturated carbocycles. The topological polar surface area (TPSA) is 52.6 Å². The average Bonchev–Trinajstić information content (AvgIpc) is 2.55. The summed E-state index contributed by atoms with van der Waals surface area (Å²) >= 11 is 0. The van der Waals surface area contributed by atoms with Crippen LogP contribution < -0.4 is 0 Å². The SMILES string of the molecule is CCC(OC(=O)CCCCC(=O)OCC(C)C)c1ccccc1. The zero-order valence-electron chi connectivity index (χ0n) is 14.4. The average molecular weight is 320 g/mol. The minimum atomic E-state index is -0.212. The molecule has 0 heterocycles. The van der Waals surface area contributed by atoms with E-state index >= 15 is 0 Å². The molecule has 0 aromatic heterocycles. The van der Waals surface area contributed by atoms with E-state index in [0.717, 1.165) is 12.0 Å². The maximum absolute atomic E-state index is 11.9. The summed E-state index contributed by atoms with van der Waals surface area (Å²) in [5.41, 5.74) is 1.01. The van der Waals surface area contributed by atoms with Crippen molar-refractivity contribution < 1.29 is 19.1 Å². The van der Waals surface area contributed by atoms with E-state index in [1.807, 2.05) is 51.1 Å². The molecule has 0 amide bonds. The Hall–Kier alpha value is -1.84. The van der Waals surface area contributed by atoms with E-state index in [9.17, 15) is 9.59 Å². The first-order valence-electron chi connectivity index (χ1n) is 8.43. The molecular weight excluding hydrogens is 292 g/mol. The van der Waals surface area contributed by atoms with Gasteiger partial charge in [0, 0.05) is 12.8 Å². The van der Waals surface area contributed by atoms with Gasteiger partial charge in [-0.2, -0.15) is 0 Å². The number of esters is 2. The van der Waals surface area contributed by atoms with Crippen molar-refractivity contribution in [2.45, 2.75) is 59.0 Å². The first kappa shape index (κ1) is 19.2. The van der Waals surface area contributed by atoms with Crippen molar-refractivity contribution in [1.82, 2.24) is 0 Å². The minimum absolute atomic E-state index is 0.192. The fourth-order valence-corrected chi connectivity index (χ4v) is 2.14. The van der Waals surface area contributed by atoms with E-state index in [4.69, 9.17) is 9.47 Å². The molecule has 1 aromatic carbocycles. The molecule has 0 bridgehead atoms. The molecule has 0 radical (unpaired) electrons. The third-order valence-electron chi connectivity index (χ3n) is 3.41. The van der Waals surface area contributed by atoms with Gasteiger partial charge in [-0.3, -0.25) is 9.59 Å². The van der Waals surface area contributed by atoms with Gasteiger partial charge >= 0.3 is 11.9 Å². The van der Waals surface area contributed by atoms with Gasteiger partial charge in [0.25, 0.3) is 0 Å². The van der Waals surface area contributed by atoms with Crippen LogP contribution in [-0.4, -0.2) is 18.5 Å². The fourth-order valence-electron chi connectivity index (χ4n) is 2.14. The fraction of sp³-hybridized carbons (Fsp3) is 0.579. The maximum atomic E-state index is 11.9. The number of hydrogen-bond donors (Lipinski definition) is 0. The highest BCUT2D eigenvalue weighted by Crippen LogP contribution is 2.21. The number of ether oxygens (including phenoxy) is 2. The van der Waals surface area contributed by atoms with Crippen LogP contribution in [0.25, 0.3) is 0 Å². The predicted octanol–water partition coefficient (Wildman–Crippen LogP) is 4.44. The number of carbonyl (C=O) groups is 2. The monoisotopic (exact) mass is 320 g/mol. The summed E-state index contributed by atoms with van der Waals surface area (Å²) in [6.45, 7) is 6.45. The molecule has 0 spiro atoms. The van der Waals surface area contributed by atoms with E-state index in [1.165, 1.54) is 0 Å². The van der Waals surface area contributed by atoms with Crippen LogP contribution in [0.3, 0.4) is 0 Å². The molecule has 0 N–H and O–H groups in total. The molecule has 4 nitrogen and oxygen atoms in total. The van der Waals surface area contributed by atoms with E-state index in [-0.39, 0.29) is 18.0 Å². The van der Waals surface area contributed by atoms with Crippen LogP contribution in [0.2, 0.25) is 0 Å². The summed E-state index contributed by atoms with van der Waals surface area (Å²) < 4.78 is 10.6. The second-order valence-corrected chi connectivity index (χ2v) is 6.08. The van der Waals surface area contributed by atoms with Gasteiger partial charge in [-0.05, 0) is 30.7 Å². The summed E-state index contributed by atoms with van der Waals surface area (Å²) in [4.78, 5) is 23.4. The Balaban J connectivity index is 2.22. The standard InChI is InChI=1S/C19H28O4/c1-4-17(16-10-6-5-7-11-16)23-19(21)13-9-8-12-18(20)22-14-15(2)3/h5-7,10-11,15,17H,4,8-9,12-14H2,1-3H3. The Kier molecular flexibility index (Phi) is 9.03. The van der Waals surface area contributed by atoms with E-state index < -0.39 is 0 Å². The quantitative estimate of drug-likeness (QED) is 0.472. The number of hydrogen-bond acceptors (Lipinski definition) is 4. The minimum Gasteiger partial charge on any atom is -0.465 e. The lowest BCUT2D eigenvalue weighted by Crippen LogP contribution is -2.12. The normalized spacial score (nSPS) is 12.0. The van der Waals surface area contributed by atoms with Gasteiger partial charge in [0.2, 0.25) is 0 Å². The summed E-state index contributed by atoms with van der Waals surface area (Å²) in [6.07, 6.45) is 2.53. The Morgan fingerprint density at radius 3 is 2.17 bits per heavy atom. The van der Waals surface area contributed by atoms with Crippen molar-refractivity contribution >= 4 is 11.9 Å². The third kappa shape index (κ3) is 8.38. The molecule has 1 aromatic rings. The molecule has 128 valence electrons. The highest BCUT2D eigenvalue weighted by Gasteiger charge is 2.14. The van der Waals surface area contributed by atoms with Crippen LogP contribution >= 0.6 is 0 Å². The van der Waals surface area contributed by atoms with Crippen LogP contribution in [-0.2, 0) is 19.1 Å². The molecule has 1 rings (SSSR count). The smallest absolute Gasteiger partial charge is 0.306 e. The first-order chi connectivity index (χ1) is 11.0. The molecule has 0 aliphatic carbocycles. The predicted molar refractivity (Wildman–Crippen MR) is 89.8 cm³/mol. The number of rotatable bonds is 10. The molecule has 0 saturated heterocycles. The van der Waals surface area contributed by atoms with Crippen molar-refractivity contribution in [2.24, 2.45) is 5.92 Å². The molecule has 4 heteroatoms. The molecule has 0 aliphatic rings. The van der Waals surface area contributed by atoms with Crippen LogP contribution in [0.4, 0.5) is 0 Å². The van der Waals surface area contributed by atoms with Gasteiger partial charge in [0.1, 0.15) is 6.10 Å². The number of benzene rings is 1. The third-order valence-corrected chi connectivity index (χ3v) is 3.41. The summed E-state index contributed by atoms with van der Waals surface area (Å²) in [6, 6.07) is 9.75. The lowest BCUT2D eigenvalue weighted by atomic mass is 10.1. The van der Waals surface area contributed by atoms with Gasteiger partial charge < -0.3 is 9.47 Å². The van der Waals surface area contributed by atoms with E-state index in [2.05, 4.69) is 0 Å². The summed E-state index contributed by atoms with van der Waals surface area (Å²) in [7, 11) is 0. The zero-order chi connectivity index (χ0) is 17.1. The van der Waals surface area contributed by atoms with Crippen LogP contribution in [0.5, 0.6) is 0 Å². The largest absolute Gasteiger partial charge is 0.465 e. The Morgan fingerprint density at radius 1 is 1.00 bits per heavy atom. The van der Waals surface area contributed by atoms with Gasteiger partial charge in [0.05, 0.1) is 6.61 Å². The highest BCUT2D eigenvalue weighted by molar-refractivity contribution is 5.70. The van der Waals surface area contributed by atoms with Crippen LogP contribution in [0, 0.1) is 5.92 Å². The Bertz CT molecular complexity index is 468. The first-order valence-corrected chi connectivity index (χ1v) is 8.43. The van der Waals surface area contributed by atoms with Crippen molar-refractivity contribution in [2.75, 3.05) is 6.61 Å². The summed E-state index contributed by atoms with van der Waals surface area (Å²) in [5, 5.41) is 0. The van der Waals surface area contributed by atoms with Crippen molar-refractivity contribution in [3.63, 3.8) is 0 Å². The Labute approximate surface area is 139 Å². The molecule has 0 aliphatic heterocycles. The Morgan fingerprint density at radius 2 is 1.61 bits per heavy atom. The summed E-state index contributed by atoms with van der Waals surface area (Å²) in [5.74, 6) is -0.0584. The zero-order valence-corrected chi connectivity index (χ0v) is 14.4. The van der Waals surface area contributed by atoms with Crippen molar-refractivity contribution in [3.05, 3.63) is 35.9 Å². The van der Waals surface area contributed by atoms with Crippen LogP contribution in [0.15, 0.2) is 30.3 Å². The number of unbranched alkanes of at least 4 members (excludes halogenated alkanes) is 1. The van der Waals surface area contributed by atoms with Gasteiger partial charge in [-0.15, -0.1) is 0 Å². The van der Waals surface area contributed by atoms with Crippen molar-refractivity contribution in [3.8, 4) is 0 Å². The number of carbonyl (C=O) groups excluding carboxylic acids is 2. The van der Waals surface area contributed by atoms with Gasteiger partial charge in [0.15, 0.2) is 0 Å². The second-order valence-electron chi connectivity index (χ2n) is 6.08.